The van der Waals surface area contributed by atoms with Gasteiger partial charge in [0.15, 0.2) is 5.78 Å². The zero-order valence-corrected chi connectivity index (χ0v) is 8.76. The second-order valence-electron chi connectivity index (χ2n) is 4.03. The summed E-state index contributed by atoms with van der Waals surface area (Å²) in [5.41, 5.74) is 2.92. The predicted molar refractivity (Wildman–Crippen MR) is 54.9 cm³/mol. The minimum atomic E-state index is -0.0105. The van der Waals surface area contributed by atoms with Crippen molar-refractivity contribution in [2.24, 2.45) is 5.92 Å². The van der Waals surface area contributed by atoms with Crippen molar-refractivity contribution in [2.45, 2.75) is 20.8 Å². The van der Waals surface area contributed by atoms with E-state index in [0.29, 0.717) is 6.61 Å². The van der Waals surface area contributed by atoms with Crippen LogP contribution in [0.4, 0.5) is 0 Å². The van der Waals surface area contributed by atoms with E-state index in [4.69, 9.17) is 4.74 Å². The first kappa shape index (κ1) is 9.25. The zero-order chi connectivity index (χ0) is 10.3. The molecule has 0 saturated heterocycles. The highest BCUT2D eigenvalue weighted by Crippen LogP contribution is 2.31. The molecule has 0 bridgehead atoms. The molecule has 0 radical (unpaired) electrons. The second-order valence-corrected chi connectivity index (χ2v) is 4.03. The number of hydrogen-bond donors (Lipinski definition) is 0. The van der Waals surface area contributed by atoms with Crippen LogP contribution in [0.25, 0.3) is 0 Å². The quantitative estimate of drug-likeness (QED) is 0.628. The van der Waals surface area contributed by atoms with Crippen LogP contribution >= 0.6 is 0 Å². The minimum absolute atomic E-state index is 0.0105. The van der Waals surface area contributed by atoms with Crippen LogP contribution in [0.15, 0.2) is 12.1 Å². The molecule has 74 valence electrons. The summed E-state index contributed by atoms with van der Waals surface area (Å²) in [6, 6.07) is 3.96. The van der Waals surface area contributed by atoms with E-state index in [1.165, 1.54) is 0 Å². The molecule has 1 aromatic rings. The van der Waals surface area contributed by atoms with Gasteiger partial charge in [0.2, 0.25) is 0 Å². The third-order valence-corrected chi connectivity index (χ3v) is 2.61. The Labute approximate surface area is 83.9 Å². The van der Waals surface area contributed by atoms with Gasteiger partial charge in [-0.15, -0.1) is 0 Å². The monoisotopic (exact) mass is 190 g/mol. The highest BCUT2D eigenvalue weighted by Gasteiger charge is 2.26. The van der Waals surface area contributed by atoms with Gasteiger partial charge in [-0.25, -0.2) is 0 Å². The Bertz CT molecular complexity index is 394. The number of carbonyl (C=O) groups excluding carboxylic acids is 1. The SMILES string of the molecule is Cc1cc(C)c2c(c1)C(=O)C(C)CO2. The lowest BCUT2D eigenvalue weighted by molar-refractivity contribution is 0.0847. The number of aryl methyl sites for hydroxylation is 2. The largest absolute Gasteiger partial charge is 0.492 e. The Balaban J connectivity index is 2.60. The van der Waals surface area contributed by atoms with Crippen LogP contribution in [0.1, 0.15) is 28.4 Å². The topological polar surface area (TPSA) is 26.3 Å². The first-order valence-electron chi connectivity index (χ1n) is 4.88. The molecule has 2 nitrogen and oxygen atoms in total. The van der Waals surface area contributed by atoms with Crippen LogP contribution in [0.3, 0.4) is 0 Å². The van der Waals surface area contributed by atoms with Gasteiger partial charge in [0.1, 0.15) is 5.75 Å². The van der Waals surface area contributed by atoms with Gasteiger partial charge in [-0.3, -0.25) is 4.79 Å². The maximum absolute atomic E-state index is 11.8. The van der Waals surface area contributed by atoms with E-state index >= 15 is 0 Å². The molecule has 1 aliphatic rings. The van der Waals surface area contributed by atoms with E-state index in [1.54, 1.807) is 0 Å². The average molecular weight is 190 g/mol. The molecule has 0 fully saturated rings. The Morgan fingerprint density at radius 2 is 2.07 bits per heavy atom. The third-order valence-electron chi connectivity index (χ3n) is 2.61. The number of benzene rings is 1. The van der Waals surface area contributed by atoms with E-state index < -0.39 is 0 Å². The molecule has 0 aliphatic carbocycles. The van der Waals surface area contributed by atoms with Crippen molar-refractivity contribution in [3.8, 4) is 5.75 Å². The smallest absolute Gasteiger partial charge is 0.172 e. The van der Waals surface area contributed by atoms with Crippen molar-refractivity contribution < 1.29 is 9.53 Å². The van der Waals surface area contributed by atoms with E-state index in [2.05, 4.69) is 0 Å². The molecular weight excluding hydrogens is 176 g/mol. The van der Waals surface area contributed by atoms with Crippen molar-refractivity contribution in [3.05, 3.63) is 28.8 Å². The molecule has 0 N–H and O–H groups in total. The molecule has 0 spiro atoms. The predicted octanol–water partition coefficient (Wildman–Crippen LogP) is 2.51. The van der Waals surface area contributed by atoms with Crippen LogP contribution in [-0.2, 0) is 0 Å². The summed E-state index contributed by atoms with van der Waals surface area (Å²) in [6.45, 7) is 6.40. The number of ketones is 1. The number of ether oxygens (including phenoxy) is 1. The summed E-state index contributed by atoms with van der Waals surface area (Å²) in [5.74, 6) is 0.973. The lowest BCUT2D eigenvalue weighted by Gasteiger charge is -2.23. The van der Waals surface area contributed by atoms with Crippen LogP contribution in [0.2, 0.25) is 0 Å². The van der Waals surface area contributed by atoms with Gasteiger partial charge in [-0.05, 0) is 31.0 Å². The number of hydrogen-bond acceptors (Lipinski definition) is 2. The summed E-state index contributed by atoms with van der Waals surface area (Å²) in [7, 11) is 0. The summed E-state index contributed by atoms with van der Waals surface area (Å²) in [5, 5.41) is 0. The van der Waals surface area contributed by atoms with E-state index in [0.717, 1.165) is 22.4 Å². The zero-order valence-electron chi connectivity index (χ0n) is 8.76. The standard InChI is InChI=1S/C12H14O2/c1-7-4-8(2)12-10(5-7)11(13)9(3)6-14-12/h4-5,9H,6H2,1-3H3. The maximum Gasteiger partial charge on any atom is 0.172 e. The Kier molecular flexibility index (Phi) is 2.06. The van der Waals surface area contributed by atoms with Crippen molar-refractivity contribution in [2.75, 3.05) is 6.61 Å². The van der Waals surface area contributed by atoms with Gasteiger partial charge in [0, 0.05) is 0 Å². The van der Waals surface area contributed by atoms with Crippen LogP contribution in [0, 0.1) is 19.8 Å². The molecule has 2 heteroatoms. The van der Waals surface area contributed by atoms with Crippen molar-refractivity contribution in [1.29, 1.82) is 0 Å². The lowest BCUT2D eigenvalue weighted by Crippen LogP contribution is -2.25. The molecule has 0 amide bonds. The van der Waals surface area contributed by atoms with Crippen molar-refractivity contribution >= 4 is 5.78 Å². The first-order valence-corrected chi connectivity index (χ1v) is 4.88. The van der Waals surface area contributed by atoms with Gasteiger partial charge >= 0.3 is 0 Å². The molecule has 0 aromatic heterocycles. The van der Waals surface area contributed by atoms with Crippen LogP contribution in [0.5, 0.6) is 5.75 Å². The lowest BCUT2D eigenvalue weighted by atomic mass is 9.93. The highest BCUT2D eigenvalue weighted by molar-refractivity contribution is 6.01. The van der Waals surface area contributed by atoms with Crippen molar-refractivity contribution in [3.63, 3.8) is 0 Å². The Hall–Kier alpha value is -1.31. The fraction of sp³-hybridized carbons (Fsp3) is 0.417. The maximum atomic E-state index is 11.8. The third kappa shape index (κ3) is 1.31. The van der Waals surface area contributed by atoms with Crippen molar-refractivity contribution in [1.82, 2.24) is 0 Å². The summed E-state index contributed by atoms with van der Waals surface area (Å²) in [6.07, 6.45) is 0. The van der Waals surface area contributed by atoms with E-state index in [1.807, 2.05) is 32.9 Å². The molecule has 1 atom stereocenters. The molecular formula is C12H14O2. The van der Waals surface area contributed by atoms with Gasteiger partial charge in [-0.2, -0.15) is 0 Å². The fourth-order valence-corrected chi connectivity index (χ4v) is 1.88. The Morgan fingerprint density at radius 1 is 1.36 bits per heavy atom. The fourth-order valence-electron chi connectivity index (χ4n) is 1.88. The first-order chi connectivity index (χ1) is 6.59. The number of fused-ring (bicyclic) bond motifs is 1. The normalized spacial score (nSPS) is 20.2. The number of rotatable bonds is 0. The van der Waals surface area contributed by atoms with E-state index in [-0.39, 0.29) is 11.7 Å². The molecule has 14 heavy (non-hydrogen) atoms. The Morgan fingerprint density at radius 3 is 2.79 bits per heavy atom. The number of carbonyl (C=O) groups is 1. The van der Waals surface area contributed by atoms with Gasteiger partial charge in [-0.1, -0.05) is 13.0 Å². The minimum Gasteiger partial charge on any atom is -0.492 e. The van der Waals surface area contributed by atoms with Crippen LogP contribution in [-0.4, -0.2) is 12.4 Å². The summed E-state index contributed by atoms with van der Waals surface area (Å²) in [4.78, 5) is 11.8. The summed E-state index contributed by atoms with van der Waals surface area (Å²) >= 11 is 0. The van der Waals surface area contributed by atoms with E-state index in [9.17, 15) is 4.79 Å². The molecule has 2 rings (SSSR count). The van der Waals surface area contributed by atoms with Gasteiger partial charge in [0.25, 0.3) is 0 Å². The second kappa shape index (κ2) is 3.12. The highest BCUT2D eigenvalue weighted by atomic mass is 16.5. The summed E-state index contributed by atoms with van der Waals surface area (Å²) < 4.78 is 5.57. The van der Waals surface area contributed by atoms with Gasteiger partial charge < -0.3 is 4.74 Å². The molecule has 1 unspecified atom stereocenters. The van der Waals surface area contributed by atoms with Gasteiger partial charge in [0.05, 0.1) is 18.1 Å². The average Bonchev–Trinajstić information content (AvgIpc) is 2.12. The van der Waals surface area contributed by atoms with Crippen LogP contribution < -0.4 is 4.74 Å². The molecule has 1 aliphatic heterocycles. The molecule has 0 saturated carbocycles. The molecule has 1 heterocycles. The number of Topliss-reactive ketones (excluding diaryl/α,β-unsaturated/α-hetero) is 1. The molecule has 1 aromatic carbocycles.